The van der Waals surface area contributed by atoms with E-state index in [1.165, 1.54) is 6.92 Å². The van der Waals surface area contributed by atoms with E-state index in [2.05, 4.69) is 38.4 Å². The molecule has 0 aromatic rings. The summed E-state index contributed by atoms with van der Waals surface area (Å²) in [4.78, 5) is 11.0. The van der Waals surface area contributed by atoms with Gasteiger partial charge < -0.3 is 4.74 Å². The van der Waals surface area contributed by atoms with Gasteiger partial charge in [0.05, 0.1) is 13.2 Å². The Kier molecular flexibility index (Phi) is 6.69. The van der Waals surface area contributed by atoms with Crippen LogP contribution in [0.15, 0.2) is 12.7 Å². The number of alkyl halides is 2. The molecule has 1 saturated heterocycles. The second-order valence-electron chi connectivity index (χ2n) is 4.08. The number of phosphoric ester groups is 1. The van der Waals surface area contributed by atoms with E-state index in [4.69, 9.17) is 18.3 Å². The third-order valence-corrected chi connectivity index (χ3v) is 6.18. The first kappa shape index (κ1) is 17.3. The van der Waals surface area contributed by atoms with Crippen molar-refractivity contribution in [1.82, 2.24) is 0 Å². The fraction of sp³-hybridized carbons (Fsp3) is 0.700. The summed E-state index contributed by atoms with van der Waals surface area (Å²) >= 11 is 6.72. The number of carbonyl (C=O) groups excluding carboxylic acids is 1. The van der Waals surface area contributed by atoms with E-state index in [-0.39, 0.29) is 18.6 Å². The van der Waals surface area contributed by atoms with Crippen molar-refractivity contribution in [2.75, 3.05) is 23.9 Å². The number of esters is 1. The number of phosphoric acid groups is 1. The second kappa shape index (κ2) is 7.33. The molecule has 0 spiro atoms. The quantitative estimate of drug-likeness (QED) is 0.216. The number of ether oxygens (including phenoxy) is 1. The maximum absolute atomic E-state index is 12.1. The van der Waals surface area contributed by atoms with Crippen molar-refractivity contribution in [3.8, 4) is 0 Å². The Hall–Kier alpha value is 0.280. The number of carbonyl (C=O) groups is 1. The van der Waals surface area contributed by atoms with Crippen LogP contribution < -0.4 is 0 Å². The second-order valence-corrected chi connectivity index (χ2v) is 6.82. The normalized spacial score (nSPS) is 22.5. The zero-order valence-corrected chi connectivity index (χ0v) is 14.4. The molecular weight excluding hydrogens is 407 g/mol. The van der Waals surface area contributed by atoms with E-state index in [0.29, 0.717) is 10.7 Å². The summed E-state index contributed by atoms with van der Waals surface area (Å²) in [6.45, 7) is 5.09. The average Bonchev–Trinajstić information content (AvgIpc) is 2.39. The highest BCUT2D eigenvalue weighted by molar-refractivity contribution is 9.09. The Bertz CT molecular complexity index is 370. The molecule has 1 rings (SSSR count). The Morgan fingerprint density at radius 1 is 1.47 bits per heavy atom. The summed E-state index contributed by atoms with van der Waals surface area (Å²) in [5, 5.41) is 1.26. The largest absolute Gasteiger partial charge is 0.477 e. The standard InChI is InChI=1S/C10H15Br2O6P/c1-3-9(13)17-8(2)18-19(14)15-6-10(4-11,5-12)7-16-19/h3,8H,1,4-7H2,2H3. The smallest absolute Gasteiger partial charge is 0.432 e. The van der Waals surface area contributed by atoms with Gasteiger partial charge in [-0.2, -0.15) is 0 Å². The van der Waals surface area contributed by atoms with E-state index in [0.717, 1.165) is 6.08 Å². The number of hydrogen-bond donors (Lipinski definition) is 0. The molecule has 0 N–H and O–H groups in total. The van der Waals surface area contributed by atoms with Crippen molar-refractivity contribution in [2.45, 2.75) is 13.2 Å². The molecule has 0 amide bonds. The van der Waals surface area contributed by atoms with Gasteiger partial charge in [-0.05, 0) is 6.92 Å². The van der Waals surface area contributed by atoms with Crippen LogP contribution in [-0.4, -0.2) is 36.1 Å². The molecule has 110 valence electrons. The first-order chi connectivity index (χ1) is 8.88. The third-order valence-electron chi connectivity index (χ3n) is 2.35. The molecule has 0 radical (unpaired) electrons. The third kappa shape index (κ3) is 4.95. The van der Waals surface area contributed by atoms with Gasteiger partial charge in [-0.3, -0.25) is 9.05 Å². The van der Waals surface area contributed by atoms with Crippen molar-refractivity contribution in [2.24, 2.45) is 5.41 Å². The van der Waals surface area contributed by atoms with E-state index in [1.54, 1.807) is 0 Å². The molecule has 1 fully saturated rings. The highest BCUT2D eigenvalue weighted by Gasteiger charge is 2.43. The fourth-order valence-corrected chi connectivity index (χ4v) is 4.22. The molecule has 0 aromatic heterocycles. The molecule has 0 bridgehead atoms. The van der Waals surface area contributed by atoms with Crippen LogP contribution in [0.3, 0.4) is 0 Å². The molecule has 19 heavy (non-hydrogen) atoms. The zero-order valence-electron chi connectivity index (χ0n) is 10.3. The lowest BCUT2D eigenvalue weighted by Gasteiger charge is -2.36. The molecule has 1 atom stereocenters. The summed E-state index contributed by atoms with van der Waals surface area (Å²) < 4.78 is 32.3. The van der Waals surface area contributed by atoms with Crippen LogP contribution in [0.25, 0.3) is 0 Å². The Morgan fingerprint density at radius 3 is 2.42 bits per heavy atom. The first-order valence-electron chi connectivity index (χ1n) is 5.41. The minimum atomic E-state index is -3.70. The van der Waals surface area contributed by atoms with Crippen LogP contribution in [0.1, 0.15) is 6.92 Å². The van der Waals surface area contributed by atoms with Crippen molar-refractivity contribution >= 4 is 45.7 Å². The fourth-order valence-electron chi connectivity index (χ4n) is 1.18. The molecule has 6 nitrogen and oxygen atoms in total. The molecule has 0 saturated carbocycles. The maximum atomic E-state index is 12.1. The van der Waals surface area contributed by atoms with Gasteiger partial charge in [-0.1, -0.05) is 38.4 Å². The van der Waals surface area contributed by atoms with Gasteiger partial charge in [0.25, 0.3) is 0 Å². The van der Waals surface area contributed by atoms with Gasteiger partial charge >= 0.3 is 13.8 Å². The van der Waals surface area contributed by atoms with Crippen molar-refractivity contribution in [3.63, 3.8) is 0 Å². The van der Waals surface area contributed by atoms with Gasteiger partial charge in [-0.15, -0.1) is 0 Å². The van der Waals surface area contributed by atoms with Crippen LogP contribution >= 0.6 is 39.7 Å². The average molecular weight is 422 g/mol. The van der Waals surface area contributed by atoms with E-state index in [9.17, 15) is 9.36 Å². The van der Waals surface area contributed by atoms with Gasteiger partial charge in [0.1, 0.15) is 0 Å². The van der Waals surface area contributed by atoms with Crippen LogP contribution in [0.5, 0.6) is 0 Å². The summed E-state index contributed by atoms with van der Waals surface area (Å²) in [6, 6.07) is 0. The molecule has 1 unspecified atom stereocenters. The highest BCUT2D eigenvalue weighted by atomic mass is 79.9. The molecule has 1 aliphatic heterocycles. The molecule has 0 aliphatic carbocycles. The van der Waals surface area contributed by atoms with Crippen LogP contribution in [0.2, 0.25) is 0 Å². The molecular formula is C10H15Br2O6P. The monoisotopic (exact) mass is 420 g/mol. The topological polar surface area (TPSA) is 71.1 Å². The zero-order chi connectivity index (χ0) is 14.5. The van der Waals surface area contributed by atoms with E-state index < -0.39 is 20.1 Å². The predicted octanol–water partition coefficient (Wildman–Crippen LogP) is 3.01. The minimum absolute atomic E-state index is 0.211. The summed E-state index contributed by atoms with van der Waals surface area (Å²) in [6.07, 6.45) is -0.0595. The van der Waals surface area contributed by atoms with Crippen LogP contribution in [-0.2, 0) is 27.7 Å². The maximum Gasteiger partial charge on any atom is 0.477 e. The van der Waals surface area contributed by atoms with Gasteiger partial charge in [-0.25, -0.2) is 13.9 Å². The minimum Gasteiger partial charge on any atom is -0.432 e. The van der Waals surface area contributed by atoms with E-state index in [1.807, 2.05) is 0 Å². The van der Waals surface area contributed by atoms with Crippen LogP contribution in [0, 0.1) is 5.41 Å². The predicted molar refractivity (Wildman–Crippen MR) is 76.4 cm³/mol. The summed E-state index contributed by atoms with van der Waals surface area (Å²) in [5.74, 6) is -0.675. The van der Waals surface area contributed by atoms with Crippen molar-refractivity contribution < 1.29 is 27.7 Å². The lowest BCUT2D eigenvalue weighted by molar-refractivity contribution is -0.158. The molecule has 0 aromatic carbocycles. The lowest BCUT2D eigenvalue weighted by Crippen LogP contribution is -2.39. The Morgan fingerprint density at radius 2 is 2.00 bits per heavy atom. The highest BCUT2D eigenvalue weighted by Crippen LogP contribution is 2.56. The molecule has 1 aliphatic rings. The number of rotatable bonds is 6. The van der Waals surface area contributed by atoms with E-state index >= 15 is 0 Å². The molecule has 1 heterocycles. The molecule has 9 heteroatoms. The number of hydrogen-bond acceptors (Lipinski definition) is 6. The van der Waals surface area contributed by atoms with Crippen molar-refractivity contribution in [1.29, 1.82) is 0 Å². The lowest BCUT2D eigenvalue weighted by atomic mass is 9.96. The summed E-state index contributed by atoms with van der Waals surface area (Å²) in [5.41, 5.74) is -0.293. The first-order valence-corrected chi connectivity index (χ1v) is 9.11. The SMILES string of the molecule is C=CC(=O)OC(C)OP1(=O)OCC(CBr)(CBr)CO1. The summed E-state index contributed by atoms with van der Waals surface area (Å²) in [7, 11) is -3.70. The van der Waals surface area contributed by atoms with Crippen LogP contribution in [0.4, 0.5) is 0 Å². The van der Waals surface area contributed by atoms with Crippen molar-refractivity contribution in [3.05, 3.63) is 12.7 Å². The Balaban J connectivity index is 2.54. The van der Waals surface area contributed by atoms with Gasteiger partial charge in [0.2, 0.25) is 6.29 Å². The van der Waals surface area contributed by atoms with Gasteiger partial charge in [0.15, 0.2) is 0 Å². The van der Waals surface area contributed by atoms with Gasteiger partial charge in [0, 0.05) is 22.2 Å². The number of halogens is 2. The Labute approximate surface area is 128 Å².